The van der Waals surface area contributed by atoms with Gasteiger partial charge in [-0.1, -0.05) is 12.1 Å². The Morgan fingerprint density at radius 2 is 1.85 bits per heavy atom. The molecule has 0 heterocycles. The first-order valence-electron chi connectivity index (χ1n) is 8.60. The monoisotopic (exact) mass is 476 g/mol. The molecule has 4 rings (SSSR count). The largest absolute Gasteiger partial charge is 0.398 e. The molecule has 132 valence electrons. The average Bonchev–Trinajstić information content (AvgIpc) is 2.68. The predicted octanol–water partition coefficient (Wildman–Crippen LogP) is 6.55. The molecule has 0 amide bonds. The van der Waals surface area contributed by atoms with Crippen molar-refractivity contribution in [1.82, 2.24) is 0 Å². The Balaban J connectivity index is 2.05. The highest BCUT2D eigenvalue weighted by Gasteiger charge is 2.20. The van der Waals surface area contributed by atoms with Gasteiger partial charge in [-0.25, -0.2) is 4.39 Å². The molecule has 0 saturated carbocycles. The number of hydrogen-bond donors (Lipinski definition) is 2. The fraction of sp³-hybridized carbons (Fsp3) is 0.190. The number of benzene rings is 3. The minimum Gasteiger partial charge on any atom is -0.398 e. The van der Waals surface area contributed by atoms with E-state index in [-0.39, 0.29) is 5.82 Å². The molecule has 0 aromatic heterocycles. The minimum atomic E-state index is -0.179. The van der Waals surface area contributed by atoms with Gasteiger partial charge in [0.1, 0.15) is 5.82 Å². The Kier molecular flexibility index (Phi) is 4.92. The van der Waals surface area contributed by atoms with Gasteiger partial charge in [0.2, 0.25) is 0 Å². The van der Waals surface area contributed by atoms with E-state index in [1.807, 2.05) is 24.3 Å². The van der Waals surface area contributed by atoms with Crippen LogP contribution in [-0.4, -0.2) is 6.21 Å². The summed E-state index contributed by atoms with van der Waals surface area (Å²) in [4.78, 5) is 0.658. The van der Waals surface area contributed by atoms with E-state index >= 15 is 0 Å². The van der Waals surface area contributed by atoms with Crippen molar-refractivity contribution in [3.05, 3.63) is 58.9 Å². The van der Waals surface area contributed by atoms with Crippen LogP contribution in [-0.2, 0) is 12.8 Å². The molecule has 0 aliphatic heterocycles. The molecule has 2 nitrogen and oxygen atoms in total. The Hall–Kier alpha value is -1.60. The number of nitrogen functional groups attached to an aromatic ring is 1. The van der Waals surface area contributed by atoms with Gasteiger partial charge < -0.3 is 11.1 Å². The van der Waals surface area contributed by atoms with E-state index in [4.69, 9.17) is 11.1 Å². The standard InChI is InChI=1S/C21H18FIN2S/c22-18-7-5-12(10-20(18)26-23)16-9-13-6-8-19(25)17(11-24)21(13)15-4-2-1-3-14(15)16/h5-11,24H,1-4,25H2. The van der Waals surface area contributed by atoms with Crippen molar-refractivity contribution < 1.29 is 4.39 Å². The topological polar surface area (TPSA) is 49.9 Å². The zero-order valence-electron chi connectivity index (χ0n) is 14.1. The Morgan fingerprint density at radius 1 is 1.08 bits per heavy atom. The van der Waals surface area contributed by atoms with Gasteiger partial charge in [-0.3, -0.25) is 0 Å². The molecule has 0 fully saturated rings. The first kappa shape index (κ1) is 17.8. The smallest absolute Gasteiger partial charge is 0.137 e. The second kappa shape index (κ2) is 7.19. The van der Waals surface area contributed by atoms with Gasteiger partial charge in [-0.2, -0.15) is 0 Å². The second-order valence-corrected chi connectivity index (χ2v) is 8.54. The van der Waals surface area contributed by atoms with Crippen molar-refractivity contribution in [3.63, 3.8) is 0 Å². The lowest BCUT2D eigenvalue weighted by atomic mass is 9.81. The third-order valence-electron chi connectivity index (χ3n) is 5.18. The van der Waals surface area contributed by atoms with Crippen molar-refractivity contribution in [2.24, 2.45) is 0 Å². The quantitative estimate of drug-likeness (QED) is 0.256. The molecule has 0 atom stereocenters. The molecular formula is C21H18FIN2S. The predicted molar refractivity (Wildman–Crippen MR) is 118 cm³/mol. The number of nitrogens with one attached hydrogen (secondary N) is 1. The van der Waals surface area contributed by atoms with Crippen LogP contribution in [0.5, 0.6) is 0 Å². The molecule has 0 spiro atoms. The average molecular weight is 476 g/mol. The summed E-state index contributed by atoms with van der Waals surface area (Å²) in [6, 6.07) is 11.5. The van der Waals surface area contributed by atoms with Crippen molar-refractivity contribution >= 4 is 52.8 Å². The number of aryl methyl sites for hydroxylation is 1. The van der Waals surface area contributed by atoms with Gasteiger partial charge in [0.05, 0.1) is 4.90 Å². The summed E-state index contributed by atoms with van der Waals surface area (Å²) in [5.74, 6) is -0.179. The molecule has 0 radical (unpaired) electrons. The highest BCUT2D eigenvalue weighted by Crippen LogP contribution is 2.41. The Morgan fingerprint density at radius 3 is 2.58 bits per heavy atom. The lowest BCUT2D eigenvalue weighted by Crippen LogP contribution is -2.08. The summed E-state index contributed by atoms with van der Waals surface area (Å²) >= 11 is 2.12. The summed E-state index contributed by atoms with van der Waals surface area (Å²) in [6.45, 7) is 0. The SMILES string of the molecule is N=Cc1c(N)ccc2cc(-c3ccc(F)c(SI)c3)c3c(c12)CCCC3. The number of nitrogens with two attached hydrogens (primary N) is 1. The number of halogens is 2. The number of rotatable bonds is 3. The van der Waals surface area contributed by atoms with Gasteiger partial charge >= 0.3 is 0 Å². The van der Waals surface area contributed by atoms with Crippen LogP contribution < -0.4 is 5.73 Å². The van der Waals surface area contributed by atoms with Gasteiger partial charge in [0, 0.05) is 38.7 Å². The van der Waals surface area contributed by atoms with E-state index in [2.05, 4.69) is 27.3 Å². The maximum absolute atomic E-state index is 14.0. The Bertz CT molecular complexity index is 1030. The second-order valence-electron chi connectivity index (χ2n) is 6.62. The van der Waals surface area contributed by atoms with Crippen LogP contribution in [0.2, 0.25) is 0 Å². The first-order valence-corrected chi connectivity index (χ1v) is 12.0. The van der Waals surface area contributed by atoms with E-state index in [0.717, 1.165) is 47.6 Å². The number of hydrogen-bond acceptors (Lipinski definition) is 3. The lowest BCUT2D eigenvalue weighted by Gasteiger charge is -2.24. The molecular weight excluding hydrogens is 458 g/mol. The van der Waals surface area contributed by atoms with Crippen LogP contribution in [0.25, 0.3) is 21.9 Å². The van der Waals surface area contributed by atoms with E-state index < -0.39 is 0 Å². The van der Waals surface area contributed by atoms with Crippen LogP contribution >= 0.6 is 30.1 Å². The first-order chi connectivity index (χ1) is 12.6. The van der Waals surface area contributed by atoms with Gasteiger partial charge in [-0.15, -0.1) is 0 Å². The maximum Gasteiger partial charge on any atom is 0.137 e. The zero-order valence-corrected chi connectivity index (χ0v) is 17.1. The molecule has 0 unspecified atom stereocenters. The highest BCUT2D eigenvalue weighted by atomic mass is 127. The molecule has 3 N–H and O–H groups in total. The fourth-order valence-electron chi connectivity index (χ4n) is 3.97. The van der Waals surface area contributed by atoms with Crippen LogP contribution in [0.3, 0.4) is 0 Å². The van der Waals surface area contributed by atoms with Gasteiger partial charge in [0.15, 0.2) is 0 Å². The van der Waals surface area contributed by atoms with Crippen molar-refractivity contribution in [3.8, 4) is 11.1 Å². The van der Waals surface area contributed by atoms with Gasteiger partial charge in [0.25, 0.3) is 0 Å². The highest BCUT2D eigenvalue weighted by molar-refractivity contribution is 14.2. The van der Waals surface area contributed by atoms with Crippen LogP contribution in [0, 0.1) is 11.2 Å². The lowest BCUT2D eigenvalue weighted by molar-refractivity contribution is 0.603. The molecule has 1 aliphatic carbocycles. The van der Waals surface area contributed by atoms with E-state index in [1.165, 1.54) is 31.8 Å². The zero-order chi connectivity index (χ0) is 18.3. The molecule has 5 heteroatoms. The van der Waals surface area contributed by atoms with E-state index in [1.54, 1.807) is 6.07 Å². The molecule has 1 aliphatic rings. The summed E-state index contributed by atoms with van der Waals surface area (Å²) in [7, 11) is 1.40. The third kappa shape index (κ3) is 2.91. The van der Waals surface area contributed by atoms with E-state index in [9.17, 15) is 4.39 Å². The maximum atomic E-state index is 14.0. The van der Waals surface area contributed by atoms with Crippen LogP contribution in [0.4, 0.5) is 10.1 Å². The molecule has 3 aromatic carbocycles. The van der Waals surface area contributed by atoms with E-state index in [0.29, 0.717) is 10.6 Å². The van der Waals surface area contributed by atoms with Crippen molar-refractivity contribution in [2.75, 3.05) is 5.73 Å². The summed E-state index contributed by atoms with van der Waals surface area (Å²) in [5, 5.41) is 10.0. The number of anilines is 1. The van der Waals surface area contributed by atoms with Gasteiger partial charge in [-0.05, 0) is 91.9 Å². The fourth-order valence-corrected chi connectivity index (χ4v) is 5.30. The summed E-state index contributed by atoms with van der Waals surface area (Å²) in [5.41, 5.74) is 12.5. The van der Waals surface area contributed by atoms with Crippen LogP contribution in [0.1, 0.15) is 29.5 Å². The molecule has 26 heavy (non-hydrogen) atoms. The molecule has 0 saturated heterocycles. The molecule has 0 bridgehead atoms. The Labute approximate surface area is 168 Å². The van der Waals surface area contributed by atoms with Crippen molar-refractivity contribution in [1.29, 1.82) is 5.41 Å². The summed E-state index contributed by atoms with van der Waals surface area (Å²) < 4.78 is 14.0. The number of fused-ring (bicyclic) bond motifs is 3. The third-order valence-corrected chi connectivity index (χ3v) is 7.08. The van der Waals surface area contributed by atoms with Crippen molar-refractivity contribution in [2.45, 2.75) is 30.6 Å². The molecule has 3 aromatic rings. The van der Waals surface area contributed by atoms with Crippen LogP contribution in [0.15, 0.2) is 41.3 Å². The normalized spacial score (nSPS) is 13.6. The summed E-state index contributed by atoms with van der Waals surface area (Å²) in [6.07, 6.45) is 5.68. The minimum absolute atomic E-state index is 0.179.